The molecule has 0 saturated heterocycles. The topological polar surface area (TPSA) is 88.1 Å². The van der Waals surface area contributed by atoms with Gasteiger partial charge in [0, 0.05) is 25.3 Å². The van der Waals surface area contributed by atoms with Gasteiger partial charge in [-0.15, -0.1) is 10.2 Å². The van der Waals surface area contributed by atoms with Crippen molar-refractivity contribution in [3.8, 4) is 11.1 Å². The molecule has 0 atom stereocenters. The molecule has 6 nitrogen and oxygen atoms in total. The van der Waals surface area contributed by atoms with Crippen molar-refractivity contribution in [3.05, 3.63) is 36.4 Å². The molecule has 3 rings (SSSR count). The van der Waals surface area contributed by atoms with Crippen LogP contribution in [0.5, 0.6) is 0 Å². The first-order chi connectivity index (χ1) is 9.88. The molecular weight excluding hydrogens is 288 g/mol. The van der Waals surface area contributed by atoms with Crippen molar-refractivity contribution in [2.45, 2.75) is 4.90 Å². The Balaban J connectivity index is 2.08. The minimum atomic E-state index is -3.78. The van der Waals surface area contributed by atoms with Gasteiger partial charge >= 0.3 is 0 Å². The van der Waals surface area contributed by atoms with Crippen LogP contribution in [-0.4, -0.2) is 22.5 Å². The highest BCUT2D eigenvalue weighted by Gasteiger charge is 2.25. The standard InChI is InChI=1S/C14H14N4O2S/c1-18(2)10-5-3-9(4-6-10)11-7-8-12(21(15,19)20)14-13(11)16-17-14/h3-8H,1-2H3,(H2,15,19,20). The van der Waals surface area contributed by atoms with E-state index in [2.05, 4.69) is 10.2 Å². The normalized spacial score (nSPS) is 12.7. The smallest absolute Gasteiger partial charge is 0.240 e. The van der Waals surface area contributed by atoms with E-state index in [-0.39, 0.29) is 4.90 Å². The van der Waals surface area contributed by atoms with Gasteiger partial charge in [-0.1, -0.05) is 18.2 Å². The average Bonchev–Trinajstić information content (AvgIpc) is 2.38. The Morgan fingerprint density at radius 2 is 1.57 bits per heavy atom. The summed E-state index contributed by atoms with van der Waals surface area (Å²) in [6.45, 7) is 0. The molecule has 0 aromatic heterocycles. The number of rotatable bonds is 3. The molecule has 0 unspecified atom stereocenters. The van der Waals surface area contributed by atoms with E-state index in [0.29, 0.717) is 11.4 Å². The lowest BCUT2D eigenvalue weighted by Gasteiger charge is -2.17. The summed E-state index contributed by atoms with van der Waals surface area (Å²) in [5, 5.41) is 12.9. The Morgan fingerprint density at radius 3 is 2.05 bits per heavy atom. The summed E-state index contributed by atoms with van der Waals surface area (Å²) < 4.78 is 23.0. The third kappa shape index (κ3) is 2.30. The maximum absolute atomic E-state index is 11.5. The van der Waals surface area contributed by atoms with Crippen LogP contribution in [0.15, 0.2) is 51.5 Å². The van der Waals surface area contributed by atoms with E-state index < -0.39 is 10.0 Å². The molecule has 0 radical (unpaired) electrons. The number of anilines is 1. The van der Waals surface area contributed by atoms with Crippen LogP contribution in [-0.2, 0) is 10.0 Å². The maximum Gasteiger partial charge on any atom is 0.240 e. The zero-order valence-corrected chi connectivity index (χ0v) is 12.4. The summed E-state index contributed by atoms with van der Waals surface area (Å²) >= 11 is 0. The number of hydrogen-bond donors (Lipinski definition) is 1. The summed E-state index contributed by atoms with van der Waals surface area (Å²) in [4.78, 5) is 2.02. The highest BCUT2D eigenvalue weighted by molar-refractivity contribution is 7.89. The Morgan fingerprint density at radius 1 is 0.952 bits per heavy atom. The highest BCUT2D eigenvalue weighted by Crippen LogP contribution is 2.48. The van der Waals surface area contributed by atoms with Crippen molar-refractivity contribution >= 4 is 27.1 Å². The largest absolute Gasteiger partial charge is 0.378 e. The molecule has 0 aliphatic carbocycles. The second-order valence-electron chi connectivity index (χ2n) is 4.99. The fourth-order valence-electron chi connectivity index (χ4n) is 2.22. The molecule has 0 saturated carbocycles. The van der Waals surface area contributed by atoms with Crippen LogP contribution in [0.2, 0.25) is 0 Å². The van der Waals surface area contributed by atoms with Crippen LogP contribution in [0.1, 0.15) is 0 Å². The lowest BCUT2D eigenvalue weighted by atomic mass is 10.0. The van der Waals surface area contributed by atoms with E-state index in [1.54, 1.807) is 6.07 Å². The second kappa shape index (κ2) is 4.64. The summed E-state index contributed by atoms with van der Waals surface area (Å²) in [7, 11) is 0.156. The molecular formula is C14H14N4O2S. The molecule has 1 aliphatic rings. The minimum Gasteiger partial charge on any atom is -0.378 e. The number of primary sulfonamides is 1. The minimum absolute atomic E-state index is 0.0150. The Kier molecular flexibility index (Phi) is 3.03. The van der Waals surface area contributed by atoms with Gasteiger partial charge in [-0.05, 0) is 23.8 Å². The number of nitrogens with two attached hydrogens (primary N) is 1. The first kappa shape index (κ1) is 13.7. The monoisotopic (exact) mass is 302 g/mol. The molecule has 0 amide bonds. The van der Waals surface area contributed by atoms with E-state index >= 15 is 0 Å². The molecule has 21 heavy (non-hydrogen) atoms. The Hall–Kier alpha value is -2.25. The zero-order chi connectivity index (χ0) is 15.2. The van der Waals surface area contributed by atoms with E-state index in [1.807, 2.05) is 43.3 Å². The third-order valence-corrected chi connectivity index (χ3v) is 4.31. The maximum atomic E-state index is 11.5. The van der Waals surface area contributed by atoms with Crippen molar-refractivity contribution in [3.63, 3.8) is 0 Å². The first-order valence-electron chi connectivity index (χ1n) is 6.27. The number of fused-ring (bicyclic) bond motifs is 1. The van der Waals surface area contributed by atoms with Gasteiger partial charge in [0.15, 0.2) is 0 Å². The van der Waals surface area contributed by atoms with Crippen molar-refractivity contribution in [2.24, 2.45) is 15.4 Å². The Bertz CT molecular complexity index is 840. The zero-order valence-electron chi connectivity index (χ0n) is 11.6. The van der Waals surface area contributed by atoms with Gasteiger partial charge in [0.25, 0.3) is 0 Å². The van der Waals surface area contributed by atoms with Gasteiger partial charge in [0.2, 0.25) is 10.0 Å². The van der Waals surface area contributed by atoms with E-state index in [1.165, 1.54) is 6.07 Å². The van der Waals surface area contributed by atoms with Crippen LogP contribution in [0.3, 0.4) is 0 Å². The van der Waals surface area contributed by atoms with Crippen LogP contribution in [0.25, 0.3) is 11.1 Å². The predicted octanol–water partition coefficient (Wildman–Crippen LogP) is 2.80. The molecule has 0 fully saturated rings. The van der Waals surface area contributed by atoms with Crippen molar-refractivity contribution < 1.29 is 8.42 Å². The van der Waals surface area contributed by atoms with E-state index in [0.717, 1.165) is 16.8 Å². The molecule has 7 heteroatoms. The highest BCUT2D eigenvalue weighted by atomic mass is 32.2. The second-order valence-corrected chi connectivity index (χ2v) is 6.52. The first-order valence-corrected chi connectivity index (χ1v) is 7.82. The van der Waals surface area contributed by atoms with Crippen LogP contribution >= 0.6 is 0 Å². The van der Waals surface area contributed by atoms with Gasteiger partial charge in [-0.2, -0.15) is 0 Å². The quantitative estimate of drug-likeness (QED) is 0.806. The fourth-order valence-corrected chi connectivity index (χ4v) is 2.88. The molecule has 1 aliphatic heterocycles. The number of sulfonamides is 1. The lowest BCUT2D eigenvalue weighted by Crippen LogP contribution is -2.13. The van der Waals surface area contributed by atoms with Crippen molar-refractivity contribution in [2.75, 3.05) is 19.0 Å². The summed E-state index contributed by atoms with van der Waals surface area (Å²) in [6.07, 6.45) is 0. The van der Waals surface area contributed by atoms with Gasteiger partial charge < -0.3 is 4.90 Å². The van der Waals surface area contributed by atoms with E-state index in [4.69, 9.17) is 5.14 Å². The molecule has 1 heterocycles. The summed E-state index contributed by atoms with van der Waals surface area (Å²) in [5.41, 5.74) is 3.79. The number of hydrogen-bond acceptors (Lipinski definition) is 5. The van der Waals surface area contributed by atoms with Crippen molar-refractivity contribution in [1.29, 1.82) is 0 Å². The molecule has 2 aromatic rings. The van der Waals surface area contributed by atoms with Crippen LogP contribution in [0, 0.1) is 0 Å². The van der Waals surface area contributed by atoms with Gasteiger partial charge in [-0.3, -0.25) is 0 Å². The third-order valence-electron chi connectivity index (χ3n) is 3.37. The molecule has 0 bridgehead atoms. The predicted molar refractivity (Wildman–Crippen MR) is 81.8 cm³/mol. The molecule has 0 spiro atoms. The number of azo groups is 1. The average molecular weight is 302 g/mol. The fraction of sp³-hybridized carbons (Fsp3) is 0.143. The van der Waals surface area contributed by atoms with Gasteiger partial charge in [0.1, 0.15) is 16.3 Å². The molecule has 2 aromatic carbocycles. The van der Waals surface area contributed by atoms with Gasteiger partial charge in [-0.25, -0.2) is 13.6 Å². The Labute approximate surface area is 123 Å². The van der Waals surface area contributed by atoms with Crippen LogP contribution in [0.4, 0.5) is 17.1 Å². The summed E-state index contributed by atoms with van der Waals surface area (Å²) in [6, 6.07) is 11.1. The summed E-state index contributed by atoms with van der Waals surface area (Å²) in [5.74, 6) is 0. The lowest BCUT2D eigenvalue weighted by molar-refractivity contribution is 0.597. The van der Waals surface area contributed by atoms with Crippen molar-refractivity contribution in [1.82, 2.24) is 0 Å². The SMILES string of the molecule is CN(C)c1ccc(-c2ccc(S(N)(=O)=O)c3c2N=N3)cc1. The molecule has 108 valence electrons. The van der Waals surface area contributed by atoms with Gasteiger partial charge in [0.05, 0.1) is 0 Å². The number of benzene rings is 2. The number of nitrogens with zero attached hydrogens (tertiary/aromatic N) is 3. The molecule has 2 N–H and O–H groups in total. The van der Waals surface area contributed by atoms with E-state index in [9.17, 15) is 8.42 Å². The van der Waals surface area contributed by atoms with Crippen LogP contribution < -0.4 is 10.0 Å².